The van der Waals surface area contributed by atoms with Gasteiger partial charge in [-0.05, 0) is 73.0 Å². The second-order valence-corrected chi connectivity index (χ2v) is 7.75. The van der Waals surface area contributed by atoms with Crippen LogP contribution in [-0.2, 0) is 14.3 Å². The number of aliphatic imine (C=N–C) groups is 1. The number of nitrogens with zero attached hydrogens (tertiary/aromatic N) is 1. The first-order chi connectivity index (χ1) is 16.4. The van der Waals surface area contributed by atoms with Crippen molar-refractivity contribution in [3.8, 4) is 11.5 Å². The summed E-state index contributed by atoms with van der Waals surface area (Å²) in [5.74, 6) is 0.280. The van der Waals surface area contributed by atoms with Crippen molar-refractivity contribution in [3.05, 3.63) is 94.7 Å². The lowest BCUT2D eigenvalue weighted by atomic mass is 10.1. The molecule has 0 saturated heterocycles. The van der Waals surface area contributed by atoms with Gasteiger partial charge < -0.3 is 19.5 Å². The van der Waals surface area contributed by atoms with Crippen LogP contribution in [0.25, 0.3) is 6.08 Å². The van der Waals surface area contributed by atoms with Gasteiger partial charge in [0.1, 0.15) is 0 Å². The summed E-state index contributed by atoms with van der Waals surface area (Å²) in [6.45, 7) is 3.82. The van der Waals surface area contributed by atoms with Crippen LogP contribution >= 0.6 is 0 Å². The lowest BCUT2D eigenvalue weighted by Crippen LogP contribution is -2.20. The molecule has 0 atom stereocenters. The van der Waals surface area contributed by atoms with Gasteiger partial charge in [0.2, 0.25) is 5.90 Å². The third-order valence-corrected chi connectivity index (χ3v) is 5.28. The minimum atomic E-state index is -0.527. The molecule has 1 heterocycles. The van der Waals surface area contributed by atoms with Crippen LogP contribution in [0.5, 0.6) is 11.5 Å². The van der Waals surface area contributed by atoms with Gasteiger partial charge in [0.25, 0.3) is 5.91 Å². The number of carbonyl (C=O) groups is 2. The van der Waals surface area contributed by atoms with E-state index in [0.717, 1.165) is 16.7 Å². The summed E-state index contributed by atoms with van der Waals surface area (Å²) in [7, 11) is 1.50. The molecule has 0 aromatic heterocycles. The highest BCUT2D eigenvalue weighted by molar-refractivity contribution is 6.12. The quantitative estimate of drug-likeness (QED) is 0.412. The van der Waals surface area contributed by atoms with Gasteiger partial charge in [-0.2, -0.15) is 0 Å². The Hall–Kier alpha value is -4.39. The molecule has 7 heteroatoms. The zero-order chi connectivity index (χ0) is 24.1. The molecule has 0 bridgehead atoms. The summed E-state index contributed by atoms with van der Waals surface area (Å²) >= 11 is 0. The van der Waals surface area contributed by atoms with Crippen LogP contribution in [0.1, 0.15) is 22.3 Å². The van der Waals surface area contributed by atoms with Crippen molar-refractivity contribution in [3.63, 3.8) is 0 Å². The molecule has 0 saturated carbocycles. The third-order valence-electron chi connectivity index (χ3n) is 5.28. The SMILES string of the molecule is COc1cc(/C=C2\N=C(c3ccccc3)OC2=O)ccc1OCC(=O)Nc1ccc(C)c(C)c1. The molecule has 4 rings (SSSR count). The van der Waals surface area contributed by atoms with Crippen molar-refractivity contribution in [2.75, 3.05) is 19.0 Å². The number of aryl methyl sites for hydroxylation is 2. The van der Waals surface area contributed by atoms with Crippen molar-refractivity contribution in [1.82, 2.24) is 0 Å². The lowest BCUT2D eigenvalue weighted by molar-refractivity contribution is -0.130. The van der Waals surface area contributed by atoms with Crippen molar-refractivity contribution in [2.24, 2.45) is 4.99 Å². The minimum Gasteiger partial charge on any atom is -0.493 e. The Kier molecular flexibility index (Phi) is 6.73. The number of nitrogens with one attached hydrogen (secondary N) is 1. The van der Waals surface area contributed by atoms with E-state index in [2.05, 4.69) is 10.3 Å². The van der Waals surface area contributed by atoms with Gasteiger partial charge in [-0.15, -0.1) is 0 Å². The Bertz CT molecular complexity index is 1300. The van der Waals surface area contributed by atoms with Crippen molar-refractivity contribution in [1.29, 1.82) is 0 Å². The number of rotatable bonds is 7. The summed E-state index contributed by atoms with van der Waals surface area (Å²) in [5.41, 5.74) is 4.54. The minimum absolute atomic E-state index is 0.180. The molecule has 1 N–H and O–H groups in total. The maximum absolute atomic E-state index is 12.3. The van der Waals surface area contributed by atoms with Gasteiger partial charge in [-0.25, -0.2) is 9.79 Å². The first kappa shape index (κ1) is 22.8. The molecule has 3 aromatic rings. The molecule has 0 aliphatic carbocycles. The number of esters is 1. The van der Waals surface area contributed by atoms with Crippen molar-refractivity contribution in [2.45, 2.75) is 13.8 Å². The van der Waals surface area contributed by atoms with E-state index < -0.39 is 5.97 Å². The molecule has 7 nitrogen and oxygen atoms in total. The van der Waals surface area contributed by atoms with Gasteiger partial charge in [0.15, 0.2) is 23.8 Å². The predicted molar refractivity (Wildman–Crippen MR) is 130 cm³/mol. The monoisotopic (exact) mass is 456 g/mol. The van der Waals surface area contributed by atoms with Crippen LogP contribution in [0, 0.1) is 13.8 Å². The van der Waals surface area contributed by atoms with E-state index in [0.29, 0.717) is 22.7 Å². The molecular weight excluding hydrogens is 432 g/mol. The van der Waals surface area contributed by atoms with E-state index in [1.807, 2.05) is 62.4 Å². The number of benzene rings is 3. The number of cyclic esters (lactones) is 1. The van der Waals surface area contributed by atoms with E-state index in [4.69, 9.17) is 14.2 Å². The number of hydrogen-bond acceptors (Lipinski definition) is 6. The number of carbonyl (C=O) groups excluding carboxylic acids is 2. The Morgan fingerprint density at radius 3 is 2.53 bits per heavy atom. The van der Waals surface area contributed by atoms with Crippen molar-refractivity contribution < 1.29 is 23.8 Å². The van der Waals surface area contributed by atoms with Gasteiger partial charge in [-0.3, -0.25) is 4.79 Å². The van der Waals surface area contributed by atoms with Crippen LogP contribution in [-0.4, -0.2) is 31.5 Å². The average Bonchev–Trinajstić information content (AvgIpc) is 3.21. The fourth-order valence-corrected chi connectivity index (χ4v) is 3.32. The highest BCUT2D eigenvalue weighted by Crippen LogP contribution is 2.30. The summed E-state index contributed by atoms with van der Waals surface area (Å²) < 4.78 is 16.4. The molecule has 3 aromatic carbocycles. The van der Waals surface area contributed by atoms with Gasteiger partial charge >= 0.3 is 5.97 Å². The molecule has 1 aliphatic rings. The molecule has 172 valence electrons. The smallest absolute Gasteiger partial charge is 0.363 e. The molecule has 34 heavy (non-hydrogen) atoms. The average molecular weight is 456 g/mol. The second-order valence-electron chi connectivity index (χ2n) is 7.75. The Morgan fingerprint density at radius 2 is 1.79 bits per heavy atom. The second kappa shape index (κ2) is 10.0. The molecule has 0 unspecified atom stereocenters. The Morgan fingerprint density at radius 1 is 1.00 bits per heavy atom. The van der Waals surface area contributed by atoms with E-state index in [1.54, 1.807) is 24.3 Å². The van der Waals surface area contributed by atoms with E-state index in [1.165, 1.54) is 7.11 Å². The molecule has 0 spiro atoms. The normalized spacial score (nSPS) is 13.9. The van der Waals surface area contributed by atoms with E-state index in [-0.39, 0.29) is 24.1 Å². The number of hydrogen-bond donors (Lipinski definition) is 1. The largest absolute Gasteiger partial charge is 0.493 e. The standard InChI is InChI=1S/C27H24N2O5/c1-17-9-11-21(13-18(17)2)28-25(30)16-33-23-12-10-19(15-24(23)32-3)14-22-27(31)34-26(29-22)20-7-5-4-6-8-20/h4-15H,16H2,1-3H3,(H,28,30)/b22-14-. The topological polar surface area (TPSA) is 86.2 Å². The number of methoxy groups -OCH3 is 1. The van der Waals surface area contributed by atoms with Crippen LogP contribution in [0.15, 0.2) is 77.4 Å². The van der Waals surface area contributed by atoms with Gasteiger partial charge in [0.05, 0.1) is 7.11 Å². The summed E-state index contributed by atoms with van der Waals surface area (Å²) in [5, 5.41) is 2.82. The highest BCUT2D eigenvalue weighted by Gasteiger charge is 2.24. The zero-order valence-electron chi connectivity index (χ0n) is 19.1. The highest BCUT2D eigenvalue weighted by atomic mass is 16.6. The zero-order valence-corrected chi connectivity index (χ0v) is 19.1. The van der Waals surface area contributed by atoms with Gasteiger partial charge in [0, 0.05) is 11.3 Å². The van der Waals surface area contributed by atoms with Crippen LogP contribution in [0.4, 0.5) is 5.69 Å². The molecule has 0 fully saturated rings. The first-order valence-electron chi connectivity index (χ1n) is 10.7. The first-order valence-corrected chi connectivity index (χ1v) is 10.7. The third kappa shape index (κ3) is 5.32. The summed E-state index contributed by atoms with van der Waals surface area (Å²) in [4.78, 5) is 28.9. The fourth-order valence-electron chi connectivity index (χ4n) is 3.32. The number of ether oxygens (including phenoxy) is 3. The van der Waals surface area contributed by atoms with Gasteiger partial charge in [-0.1, -0.05) is 30.3 Å². The molecule has 0 radical (unpaired) electrons. The maximum atomic E-state index is 12.3. The molecule has 1 amide bonds. The van der Waals surface area contributed by atoms with E-state index in [9.17, 15) is 9.59 Å². The predicted octanol–water partition coefficient (Wildman–Crippen LogP) is 4.67. The fraction of sp³-hybridized carbons (Fsp3) is 0.148. The van der Waals surface area contributed by atoms with Crippen LogP contribution in [0.2, 0.25) is 0 Å². The maximum Gasteiger partial charge on any atom is 0.363 e. The van der Waals surface area contributed by atoms with Crippen molar-refractivity contribution >= 4 is 29.5 Å². The van der Waals surface area contributed by atoms with Crippen LogP contribution in [0.3, 0.4) is 0 Å². The van der Waals surface area contributed by atoms with Crippen LogP contribution < -0.4 is 14.8 Å². The molecular formula is C27H24N2O5. The molecule has 1 aliphatic heterocycles. The summed E-state index contributed by atoms with van der Waals surface area (Å²) in [6.07, 6.45) is 1.61. The Balaban J connectivity index is 1.44. The lowest BCUT2D eigenvalue weighted by Gasteiger charge is -2.12. The number of amides is 1. The van der Waals surface area contributed by atoms with E-state index >= 15 is 0 Å². The Labute approximate surface area is 197 Å². The number of anilines is 1. The summed E-state index contributed by atoms with van der Waals surface area (Å²) in [6, 6.07) is 20.0.